The Balaban J connectivity index is 1.75. The predicted molar refractivity (Wildman–Crippen MR) is 92.8 cm³/mol. The molecule has 3 rings (SSSR count). The van der Waals surface area contributed by atoms with Crippen molar-refractivity contribution >= 4 is 40.3 Å². The van der Waals surface area contributed by atoms with Crippen LogP contribution in [0.4, 0.5) is 11.4 Å². The molecule has 1 N–H and O–H groups in total. The van der Waals surface area contributed by atoms with Gasteiger partial charge in [0.25, 0.3) is 5.91 Å². The number of amides is 2. The molecule has 124 valence electrons. The Morgan fingerprint density at radius 2 is 2.12 bits per heavy atom. The fourth-order valence-corrected chi connectivity index (χ4v) is 3.38. The number of aryl methyl sites for hydroxylation is 1. The van der Waals surface area contributed by atoms with Crippen molar-refractivity contribution in [3.8, 4) is 0 Å². The second-order valence-electron chi connectivity index (χ2n) is 5.69. The van der Waals surface area contributed by atoms with Crippen LogP contribution in [-0.4, -0.2) is 29.1 Å². The summed E-state index contributed by atoms with van der Waals surface area (Å²) in [7, 11) is 0. The predicted octanol–water partition coefficient (Wildman–Crippen LogP) is 3.03. The maximum Gasteiger partial charge on any atom is 0.267 e. The van der Waals surface area contributed by atoms with Crippen molar-refractivity contribution in [3.05, 3.63) is 39.8 Å². The van der Waals surface area contributed by atoms with Crippen molar-refractivity contribution in [2.75, 3.05) is 16.8 Å². The Labute approximate surface area is 143 Å². The molecule has 24 heavy (non-hydrogen) atoms. The summed E-state index contributed by atoms with van der Waals surface area (Å²) in [5.74, 6) is -0.324. The number of ketones is 1. The van der Waals surface area contributed by atoms with Crippen molar-refractivity contribution in [1.29, 1.82) is 0 Å². The van der Waals surface area contributed by atoms with E-state index in [2.05, 4.69) is 10.3 Å². The van der Waals surface area contributed by atoms with Gasteiger partial charge in [0, 0.05) is 31.3 Å². The zero-order valence-corrected chi connectivity index (χ0v) is 14.3. The number of benzene rings is 1. The van der Waals surface area contributed by atoms with Crippen LogP contribution in [0.3, 0.4) is 0 Å². The molecule has 0 spiro atoms. The van der Waals surface area contributed by atoms with Crippen molar-refractivity contribution < 1.29 is 14.4 Å². The van der Waals surface area contributed by atoms with Gasteiger partial charge in [-0.15, -0.1) is 11.3 Å². The molecule has 6 nitrogen and oxygen atoms in total. The molecule has 1 fully saturated rings. The van der Waals surface area contributed by atoms with Crippen molar-refractivity contribution in [2.45, 2.75) is 26.7 Å². The summed E-state index contributed by atoms with van der Waals surface area (Å²) in [6.45, 7) is 4.07. The summed E-state index contributed by atoms with van der Waals surface area (Å²) in [4.78, 5) is 41.5. The topological polar surface area (TPSA) is 79.4 Å². The molecule has 2 heterocycles. The van der Waals surface area contributed by atoms with E-state index in [4.69, 9.17) is 0 Å². The average Bonchev–Trinajstić information content (AvgIpc) is 3.17. The minimum Gasteiger partial charge on any atom is -0.321 e. The lowest BCUT2D eigenvalue weighted by Crippen LogP contribution is -2.24. The van der Waals surface area contributed by atoms with Gasteiger partial charge >= 0.3 is 0 Å². The van der Waals surface area contributed by atoms with E-state index in [-0.39, 0.29) is 17.6 Å². The molecule has 0 unspecified atom stereocenters. The fourth-order valence-electron chi connectivity index (χ4n) is 2.67. The number of nitrogens with one attached hydrogen (secondary N) is 1. The monoisotopic (exact) mass is 343 g/mol. The minimum atomic E-state index is -0.301. The Kier molecular flexibility index (Phi) is 4.44. The molecule has 2 aromatic rings. The molecule has 1 aliphatic rings. The van der Waals surface area contributed by atoms with Gasteiger partial charge in [0.1, 0.15) is 4.88 Å². The standard InChI is InChI=1S/C17H17N3O3S/c1-10-8-12(5-6-13(10)20-7-3-4-15(20)22)19-16(23)14-9-18-17(24-14)11(2)21/h5-6,8-9H,3-4,7H2,1-2H3,(H,19,23). The Bertz CT molecular complexity index is 828. The molecular formula is C17H17N3O3S. The van der Waals surface area contributed by atoms with Gasteiger partial charge in [-0.25, -0.2) is 4.98 Å². The highest BCUT2D eigenvalue weighted by Gasteiger charge is 2.23. The number of aromatic nitrogens is 1. The summed E-state index contributed by atoms with van der Waals surface area (Å²) in [5.41, 5.74) is 2.45. The molecule has 0 saturated carbocycles. The Hall–Kier alpha value is -2.54. The number of hydrogen-bond donors (Lipinski definition) is 1. The average molecular weight is 343 g/mol. The van der Waals surface area contributed by atoms with Crippen molar-refractivity contribution in [2.24, 2.45) is 0 Å². The maximum absolute atomic E-state index is 12.2. The van der Waals surface area contributed by atoms with Gasteiger partial charge in [-0.05, 0) is 37.1 Å². The third-order valence-electron chi connectivity index (χ3n) is 3.85. The van der Waals surface area contributed by atoms with Gasteiger partial charge in [0.2, 0.25) is 5.91 Å². The highest BCUT2D eigenvalue weighted by atomic mass is 32.1. The largest absolute Gasteiger partial charge is 0.321 e. The first-order valence-electron chi connectivity index (χ1n) is 7.65. The van der Waals surface area contributed by atoms with Crippen LogP contribution in [0, 0.1) is 6.92 Å². The molecule has 7 heteroatoms. The van der Waals surface area contributed by atoms with Crippen LogP contribution in [-0.2, 0) is 4.79 Å². The lowest BCUT2D eigenvalue weighted by molar-refractivity contribution is -0.117. The summed E-state index contributed by atoms with van der Waals surface area (Å²) in [6, 6.07) is 5.46. The first-order valence-corrected chi connectivity index (χ1v) is 8.46. The van der Waals surface area contributed by atoms with E-state index in [1.165, 1.54) is 13.1 Å². The summed E-state index contributed by atoms with van der Waals surface area (Å²) in [5, 5.41) is 3.12. The number of thiazole rings is 1. The second kappa shape index (κ2) is 6.52. The second-order valence-corrected chi connectivity index (χ2v) is 6.72. The molecular weight excluding hydrogens is 326 g/mol. The van der Waals surface area contributed by atoms with E-state index in [9.17, 15) is 14.4 Å². The maximum atomic E-state index is 12.2. The highest BCUT2D eigenvalue weighted by Crippen LogP contribution is 2.27. The SMILES string of the molecule is CC(=O)c1ncc(C(=O)Nc2ccc(N3CCCC3=O)c(C)c2)s1. The van der Waals surface area contributed by atoms with E-state index in [0.717, 1.165) is 35.6 Å². The molecule has 1 aromatic carbocycles. The first kappa shape index (κ1) is 16.3. The normalized spacial score (nSPS) is 14.1. The molecule has 1 aromatic heterocycles. The molecule has 0 radical (unpaired) electrons. The Morgan fingerprint density at radius 1 is 1.33 bits per heavy atom. The molecule has 0 aliphatic carbocycles. The van der Waals surface area contributed by atoms with Crippen LogP contribution in [0.15, 0.2) is 24.4 Å². The summed E-state index contributed by atoms with van der Waals surface area (Å²) >= 11 is 1.07. The van der Waals surface area contributed by atoms with Gasteiger partial charge in [-0.1, -0.05) is 0 Å². The van der Waals surface area contributed by atoms with E-state index in [1.807, 2.05) is 19.1 Å². The van der Waals surface area contributed by atoms with E-state index < -0.39 is 0 Å². The zero-order valence-electron chi connectivity index (χ0n) is 13.5. The summed E-state index contributed by atoms with van der Waals surface area (Å²) in [6.07, 6.45) is 2.86. The number of rotatable bonds is 4. The smallest absolute Gasteiger partial charge is 0.267 e. The number of nitrogens with zero attached hydrogens (tertiary/aromatic N) is 2. The third-order valence-corrected chi connectivity index (χ3v) is 4.95. The van der Waals surface area contributed by atoms with Gasteiger partial charge in [-0.2, -0.15) is 0 Å². The molecule has 1 saturated heterocycles. The van der Waals surface area contributed by atoms with Crippen LogP contribution in [0.2, 0.25) is 0 Å². The van der Waals surface area contributed by atoms with Crippen LogP contribution >= 0.6 is 11.3 Å². The lowest BCUT2D eigenvalue weighted by Gasteiger charge is -2.19. The molecule has 2 amide bonds. The van der Waals surface area contributed by atoms with Gasteiger partial charge in [-0.3, -0.25) is 14.4 Å². The number of hydrogen-bond acceptors (Lipinski definition) is 5. The quantitative estimate of drug-likeness (QED) is 0.866. The molecule has 0 bridgehead atoms. The summed E-state index contributed by atoms with van der Waals surface area (Å²) < 4.78 is 0. The molecule has 1 aliphatic heterocycles. The van der Waals surface area contributed by atoms with Crippen molar-refractivity contribution in [3.63, 3.8) is 0 Å². The number of carbonyl (C=O) groups is 3. The van der Waals surface area contributed by atoms with Crippen molar-refractivity contribution in [1.82, 2.24) is 4.98 Å². The van der Waals surface area contributed by atoms with E-state index in [0.29, 0.717) is 22.0 Å². The fraction of sp³-hybridized carbons (Fsp3) is 0.294. The molecule has 0 atom stereocenters. The number of anilines is 2. The van der Waals surface area contributed by atoms with Gasteiger partial charge in [0.15, 0.2) is 10.8 Å². The zero-order chi connectivity index (χ0) is 17.3. The first-order chi connectivity index (χ1) is 11.5. The lowest BCUT2D eigenvalue weighted by atomic mass is 10.1. The highest BCUT2D eigenvalue weighted by molar-refractivity contribution is 7.15. The Morgan fingerprint density at radius 3 is 2.71 bits per heavy atom. The van der Waals surface area contributed by atoms with Crippen LogP contribution in [0.25, 0.3) is 0 Å². The van der Waals surface area contributed by atoms with E-state index in [1.54, 1.807) is 11.0 Å². The van der Waals surface area contributed by atoms with E-state index >= 15 is 0 Å². The third kappa shape index (κ3) is 3.21. The minimum absolute atomic E-state index is 0.135. The number of Topliss-reactive ketones (excluding diaryl/α,β-unsaturated/α-hetero) is 1. The van der Waals surface area contributed by atoms with Crippen LogP contribution < -0.4 is 10.2 Å². The van der Waals surface area contributed by atoms with Gasteiger partial charge in [0.05, 0.1) is 6.20 Å². The van der Waals surface area contributed by atoms with Crippen LogP contribution in [0.1, 0.15) is 44.8 Å². The number of carbonyl (C=O) groups excluding carboxylic acids is 3. The van der Waals surface area contributed by atoms with Crippen LogP contribution in [0.5, 0.6) is 0 Å². The van der Waals surface area contributed by atoms with Gasteiger partial charge < -0.3 is 10.2 Å².